The molecule has 1 unspecified atom stereocenters. The fraction of sp³-hybridized carbons (Fsp3) is 0.200. The van der Waals surface area contributed by atoms with E-state index in [1.165, 1.54) is 12.1 Å². The highest BCUT2D eigenvalue weighted by atomic mass is 19.1. The van der Waals surface area contributed by atoms with Gasteiger partial charge in [0.15, 0.2) is 0 Å². The summed E-state index contributed by atoms with van der Waals surface area (Å²) >= 11 is 0. The molecule has 0 aliphatic heterocycles. The van der Waals surface area contributed by atoms with Crippen molar-refractivity contribution < 1.29 is 18.7 Å². The topological polar surface area (TPSA) is 64.9 Å². The predicted octanol–water partition coefficient (Wildman–Crippen LogP) is 4.96. The molecule has 164 valence electrons. The maximum atomic E-state index is 14.1. The van der Waals surface area contributed by atoms with Crippen molar-refractivity contribution in [2.24, 2.45) is 0 Å². The molecule has 4 aromatic rings. The number of ether oxygens (including phenoxy) is 2. The molecule has 0 saturated heterocycles. The van der Waals surface area contributed by atoms with Crippen molar-refractivity contribution in [3.8, 4) is 11.5 Å². The number of carbonyl (C=O) groups excluding carboxylic acids is 1. The summed E-state index contributed by atoms with van der Waals surface area (Å²) in [4.78, 5) is 17.5. The van der Waals surface area contributed by atoms with Gasteiger partial charge in [0.05, 0.1) is 25.6 Å². The quantitative estimate of drug-likeness (QED) is 0.447. The molecule has 0 spiro atoms. The van der Waals surface area contributed by atoms with E-state index >= 15 is 0 Å². The number of hydrogen-bond donors (Lipinski definition) is 1. The number of hydrogen-bond acceptors (Lipinski definition) is 4. The fourth-order valence-electron chi connectivity index (χ4n) is 3.80. The molecule has 6 nitrogen and oxygen atoms in total. The number of carbonyl (C=O) groups is 1. The van der Waals surface area contributed by atoms with Gasteiger partial charge in [-0.15, -0.1) is 0 Å². The number of amides is 1. The van der Waals surface area contributed by atoms with Crippen LogP contribution in [0.15, 0.2) is 67.0 Å². The van der Waals surface area contributed by atoms with E-state index in [1.54, 1.807) is 38.6 Å². The summed E-state index contributed by atoms with van der Waals surface area (Å²) in [6.07, 6.45) is 3.77. The first-order chi connectivity index (χ1) is 15.5. The van der Waals surface area contributed by atoms with Crippen molar-refractivity contribution >= 4 is 17.2 Å². The Morgan fingerprint density at radius 1 is 1.09 bits per heavy atom. The van der Waals surface area contributed by atoms with E-state index < -0.39 is 5.82 Å². The summed E-state index contributed by atoms with van der Waals surface area (Å²) in [5.41, 5.74) is 3.65. The highest BCUT2D eigenvalue weighted by Crippen LogP contribution is 2.34. The Morgan fingerprint density at radius 2 is 1.81 bits per heavy atom. The number of imidazole rings is 1. The summed E-state index contributed by atoms with van der Waals surface area (Å²) in [5.74, 6) is 0.0608. The molecular weight excluding hydrogens is 409 g/mol. The minimum atomic E-state index is -0.481. The first-order valence-electron chi connectivity index (χ1n) is 10.2. The number of pyridine rings is 1. The van der Waals surface area contributed by atoms with Crippen LogP contribution in [0.3, 0.4) is 0 Å². The number of nitrogens with one attached hydrogen (secondary N) is 1. The third-order valence-electron chi connectivity index (χ3n) is 5.43. The van der Waals surface area contributed by atoms with Crippen LogP contribution in [0.25, 0.3) is 5.65 Å². The molecule has 32 heavy (non-hydrogen) atoms. The van der Waals surface area contributed by atoms with Crippen LogP contribution in [0.4, 0.5) is 10.1 Å². The smallest absolute Gasteiger partial charge is 0.225 e. The molecule has 2 aromatic carbocycles. The lowest BCUT2D eigenvalue weighted by molar-refractivity contribution is -0.116. The fourth-order valence-corrected chi connectivity index (χ4v) is 3.80. The zero-order valence-corrected chi connectivity index (χ0v) is 18.1. The highest BCUT2D eigenvalue weighted by molar-refractivity contribution is 5.91. The second-order valence-electron chi connectivity index (χ2n) is 7.50. The maximum absolute atomic E-state index is 14.1. The van der Waals surface area contributed by atoms with E-state index in [2.05, 4.69) is 10.3 Å². The van der Waals surface area contributed by atoms with Crippen molar-refractivity contribution in [1.82, 2.24) is 9.38 Å². The van der Waals surface area contributed by atoms with Crippen LogP contribution in [0.2, 0.25) is 0 Å². The maximum Gasteiger partial charge on any atom is 0.225 e. The molecule has 0 aliphatic carbocycles. The van der Waals surface area contributed by atoms with E-state index in [0.717, 1.165) is 22.5 Å². The molecule has 0 saturated carbocycles. The van der Waals surface area contributed by atoms with Gasteiger partial charge in [-0.05, 0) is 48.4 Å². The van der Waals surface area contributed by atoms with Crippen molar-refractivity contribution in [1.29, 1.82) is 0 Å². The molecule has 7 heteroatoms. The molecule has 1 atom stereocenters. The number of anilines is 1. The van der Waals surface area contributed by atoms with Gasteiger partial charge in [0.1, 0.15) is 23.0 Å². The van der Waals surface area contributed by atoms with Gasteiger partial charge in [-0.1, -0.05) is 18.2 Å². The SMILES string of the molecule is COc1cc(OC)cc(C(CC(=O)Nc2ccccc2F)c2cnc3c(C)cccn23)c1. The minimum absolute atomic E-state index is 0.0758. The summed E-state index contributed by atoms with van der Waals surface area (Å²) < 4.78 is 26.9. The Balaban J connectivity index is 1.77. The summed E-state index contributed by atoms with van der Waals surface area (Å²) in [6.45, 7) is 1.99. The van der Waals surface area contributed by atoms with Crippen molar-refractivity contribution in [2.45, 2.75) is 19.3 Å². The van der Waals surface area contributed by atoms with Crippen molar-refractivity contribution in [2.75, 3.05) is 19.5 Å². The summed E-state index contributed by atoms with van der Waals surface area (Å²) in [7, 11) is 3.16. The Morgan fingerprint density at radius 3 is 2.50 bits per heavy atom. The zero-order valence-electron chi connectivity index (χ0n) is 18.1. The monoisotopic (exact) mass is 433 g/mol. The molecule has 2 aromatic heterocycles. The van der Waals surface area contributed by atoms with Crippen LogP contribution in [0.5, 0.6) is 11.5 Å². The van der Waals surface area contributed by atoms with E-state index in [0.29, 0.717) is 11.5 Å². The molecule has 1 N–H and O–H groups in total. The number of aromatic nitrogens is 2. The molecule has 0 aliphatic rings. The average molecular weight is 433 g/mol. The van der Waals surface area contributed by atoms with E-state index in [9.17, 15) is 9.18 Å². The van der Waals surface area contributed by atoms with Crippen LogP contribution in [-0.4, -0.2) is 29.5 Å². The average Bonchev–Trinajstić information content (AvgIpc) is 3.24. The second-order valence-corrected chi connectivity index (χ2v) is 7.50. The number of para-hydroxylation sites is 1. The Kier molecular flexibility index (Phi) is 6.07. The van der Waals surface area contributed by atoms with Crippen LogP contribution in [0, 0.1) is 12.7 Å². The number of halogens is 1. The molecule has 0 radical (unpaired) electrons. The standard InChI is InChI=1S/C25H24FN3O3/c1-16-7-6-10-29-23(15-27-25(16)29)20(17-11-18(31-2)13-19(12-17)32-3)14-24(30)28-22-9-5-4-8-21(22)26/h4-13,15,20H,14H2,1-3H3,(H,28,30). The van der Waals surface area contributed by atoms with Gasteiger partial charge in [-0.3, -0.25) is 4.79 Å². The summed E-state index contributed by atoms with van der Waals surface area (Å²) in [5, 5.41) is 2.68. The lowest BCUT2D eigenvalue weighted by Gasteiger charge is -2.19. The van der Waals surface area contributed by atoms with Crippen molar-refractivity contribution in [3.63, 3.8) is 0 Å². The molecule has 0 bridgehead atoms. The number of aryl methyl sites for hydroxylation is 1. The van der Waals surface area contributed by atoms with Gasteiger partial charge in [0, 0.05) is 30.8 Å². The van der Waals surface area contributed by atoms with Crippen LogP contribution in [0.1, 0.15) is 29.2 Å². The lowest BCUT2D eigenvalue weighted by atomic mass is 9.91. The Hall–Kier alpha value is -3.87. The molecule has 0 fully saturated rings. The van der Waals surface area contributed by atoms with E-state index in [-0.39, 0.29) is 23.9 Å². The molecular formula is C25H24FN3O3. The lowest BCUT2D eigenvalue weighted by Crippen LogP contribution is -2.18. The van der Waals surface area contributed by atoms with Gasteiger partial charge in [-0.2, -0.15) is 0 Å². The van der Waals surface area contributed by atoms with E-state index in [4.69, 9.17) is 9.47 Å². The highest BCUT2D eigenvalue weighted by Gasteiger charge is 2.24. The molecule has 4 rings (SSSR count). The van der Waals surface area contributed by atoms with E-state index in [1.807, 2.05) is 41.8 Å². The third-order valence-corrected chi connectivity index (χ3v) is 5.43. The van der Waals surface area contributed by atoms with Gasteiger partial charge in [-0.25, -0.2) is 9.37 Å². The minimum Gasteiger partial charge on any atom is -0.497 e. The van der Waals surface area contributed by atoms with Crippen LogP contribution >= 0.6 is 0 Å². The van der Waals surface area contributed by atoms with Gasteiger partial charge in [0.2, 0.25) is 5.91 Å². The first-order valence-corrected chi connectivity index (χ1v) is 10.2. The predicted molar refractivity (Wildman–Crippen MR) is 121 cm³/mol. The van der Waals surface area contributed by atoms with Crippen LogP contribution < -0.4 is 14.8 Å². The largest absolute Gasteiger partial charge is 0.497 e. The second kappa shape index (κ2) is 9.09. The third kappa shape index (κ3) is 4.27. The Labute approximate surface area is 185 Å². The number of benzene rings is 2. The zero-order chi connectivity index (χ0) is 22.7. The van der Waals surface area contributed by atoms with Crippen LogP contribution in [-0.2, 0) is 4.79 Å². The normalized spacial score (nSPS) is 11.9. The summed E-state index contributed by atoms with van der Waals surface area (Å²) in [6, 6.07) is 15.6. The first kappa shape index (κ1) is 21.4. The van der Waals surface area contributed by atoms with Gasteiger partial charge in [0.25, 0.3) is 0 Å². The number of methoxy groups -OCH3 is 2. The molecule has 2 heterocycles. The Bertz CT molecular complexity index is 1250. The number of nitrogens with zero attached hydrogens (tertiary/aromatic N) is 2. The van der Waals surface area contributed by atoms with Crippen molar-refractivity contribution in [3.05, 3.63) is 89.6 Å². The van der Waals surface area contributed by atoms with Gasteiger partial charge >= 0.3 is 0 Å². The molecule has 1 amide bonds. The number of rotatable bonds is 7. The number of fused-ring (bicyclic) bond motifs is 1. The van der Waals surface area contributed by atoms with Gasteiger partial charge < -0.3 is 19.2 Å².